The number of guanidine groups is 1. The Morgan fingerprint density at radius 1 is 0.905 bits per heavy atom. The molecule has 2 fully saturated rings. The molecule has 0 aromatic carbocycles. The van der Waals surface area contributed by atoms with Gasteiger partial charge in [0, 0.05) is 0 Å². The molecule has 0 radical (unpaired) electrons. The summed E-state index contributed by atoms with van der Waals surface area (Å²) in [5.74, 6) is 2.75. The van der Waals surface area contributed by atoms with Gasteiger partial charge in [-0.05, 0) is 24.2 Å². The first-order valence-corrected chi connectivity index (χ1v) is 9.31. The highest BCUT2D eigenvalue weighted by molar-refractivity contribution is 5.75. The van der Waals surface area contributed by atoms with Gasteiger partial charge in [-0.15, -0.1) is 0 Å². The van der Waals surface area contributed by atoms with Crippen LogP contribution in [0.3, 0.4) is 0 Å². The number of nitrogens with two attached hydrogens (primary N) is 2. The molecule has 3 heteroatoms. The van der Waals surface area contributed by atoms with E-state index in [1.807, 2.05) is 0 Å². The molecule has 3 nitrogen and oxygen atoms in total. The minimum Gasteiger partial charge on any atom is -0.370 e. The van der Waals surface area contributed by atoms with E-state index >= 15 is 0 Å². The molecule has 0 aliphatic heterocycles. The molecule has 0 aromatic rings. The molecule has 4 N–H and O–H groups in total. The molecule has 21 heavy (non-hydrogen) atoms. The highest BCUT2D eigenvalue weighted by atomic mass is 15.0. The average Bonchev–Trinajstić information content (AvgIpc) is 2.49. The van der Waals surface area contributed by atoms with Crippen molar-refractivity contribution >= 4 is 5.96 Å². The molecule has 2 saturated carbocycles. The second-order valence-corrected chi connectivity index (χ2v) is 7.28. The lowest BCUT2D eigenvalue weighted by molar-refractivity contribution is 0.115. The van der Waals surface area contributed by atoms with Gasteiger partial charge in [0.05, 0.1) is 6.04 Å². The third-order valence-electron chi connectivity index (χ3n) is 5.73. The summed E-state index contributed by atoms with van der Waals surface area (Å²) in [5.41, 5.74) is 11.5. The molecule has 2 aliphatic rings. The number of hydrogen-bond donors (Lipinski definition) is 2. The van der Waals surface area contributed by atoms with Gasteiger partial charge in [-0.25, -0.2) is 0 Å². The van der Waals surface area contributed by atoms with Crippen LogP contribution < -0.4 is 11.5 Å². The van der Waals surface area contributed by atoms with Gasteiger partial charge in [-0.1, -0.05) is 77.6 Å². The summed E-state index contributed by atoms with van der Waals surface area (Å²) in [6.07, 6.45) is 16.4. The Balaban J connectivity index is 2.16. The molecule has 0 heterocycles. The zero-order chi connectivity index (χ0) is 15.1. The molecule has 1 atom stereocenters. The van der Waals surface area contributed by atoms with E-state index < -0.39 is 0 Å². The van der Waals surface area contributed by atoms with Crippen molar-refractivity contribution < 1.29 is 0 Å². The Morgan fingerprint density at radius 3 is 1.76 bits per heavy atom. The van der Waals surface area contributed by atoms with E-state index in [-0.39, 0.29) is 0 Å². The SMILES string of the molecule is CCCC(N=C(N)N)C(C1CCCCC1)C1CCCCC1. The Hall–Kier alpha value is -0.730. The van der Waals surface area contributed by atoms with Crippen molar-refractivity contribution in [3.8, 4) is 0 Å². The summed E-state index contributed by atoms with van der Waals surface area (Å²) >= 11 is 0. The fraction of sp³-hybridized carbons (Fsp3) is 0.944. The first-order chi connectivity index (χ1) is 10.2. The predicted molar refractivity (Wildman–Crippen MR) is 91.1 cm³/mol. The zero-order valence-electron chi connectivity index (χ0n) is 13.9. The first kappa shape index (κ1) is 16.6. The Kier molecular flexibility index (Phi) is 6.85. The van der Waals surface area contributed by atoms with Crippen molar-refractivity contribution in [2.45, 2.75) is 90.0 Å². The van der Waals surface area contributed by atoms with Gasteiger partial charge in [0.1, 0.15) is 0 Å². The van der Waals surface area contributed by atoms with E-state index in [1.54, 1.807) is 0 Å². The normalized spacial score (nSPS) is 23.1. The van der Waals surface area contributed by atoms with Gasteiger partial charge in [0.25, 0.3) is 0 Å². The minimum atomic E-state index is 0.296. The lowest BCUT2D eigenvalue weighted by Crippen LogP contribution is -2.38. The molecule has 0 spiro atoms. The summed E-state index contributed by atoms with van der Waals surface area (Å²) < 4.78 is 0. The zero-order valence-corrected chi connectivity index (χ0v) is 13.9. The molecule has 2 rings (SSSR count). The van der Waals surface area contributed by atoms with Crippen molar-refractivity contribution in [3.63, 3.8) is 0 Å². The molecule has 0 saturated heterocycles. The molecular weight excluding hydrogens is 258 g/mol. The van der Waals surface area contributed by atoms with E-state index in [2.05, 4.69) is 11.9 Å². The van der Waals surface area contributed by atoms with Crippen LogP contribution in [0.15, 0.2) is 4.99 Å². The summed E-state index contributed by atoms with van der Waals surface area (Å²) in [6, 6.07) is 0.367. The second-order valence-electron chi connectivity index (χ2n) is 7.28. The topological polar surface area (TPSA) is 64.4 Å². The molecule has 1 unspecified atom stereocenters. The van der Waals surface area contributed by atoms with Gasteiger partial charge in [-0.2, -0.15) is 0 Å². The third-order valence-corrected chi connectivity index (χ3v) is 5.73. The third kappa shape index (κ3) is 4.89. The lowest BCUT2D eigenvalue weighted by Gasteiger charge is -2.41. The van der Waals surface area contributed by atoms with E-state index in [1.165, 1.54) is 70.6 Å². The van der Waals surface area contributed by atoms with Crippen molar-refractivity contribution in [2.75, 3.05) is 0 Å². The number of hydrogen-bond acceptors (Lipinski definition) is 1. The molecular formula is C18H35N3. The van der Waals surface area contributed by atoms with Gasteiger partial charge in [-0.3, -0.25) is 4.99 Å². The summed E-state index contributed by atoms with van der Waals surface area (Å²) in [5, 5.41) is 0. The van der Waals surface area contributed by atoms with Gasteiger partial charge in [0.15, 0.2) is 5.96 Å². The van der Waals surface area contributed by atoms with Crippen molar-refractivity contribution in [3.05, 3.63) is 0 Å². The molecule has 0 bridgehead atoms. The van der Waals surface area contributed by atoms with Gasteiger partial charge >= 0.3 is 0 Å². The number of rotatable bonds is 6. The highest BCUT2D eigenvalue weighted by Crippen LogP contribution is 2.43. The molecule has 122 valence electrons. The summed E-state index contributed by atoms with van der Waals surface area (Å²) in [4.78, 5) is 4.69. The van der Waals surface area contributed by atoms with E-state index in [9.17, 15) is 0 Å². The quantitative estimate of drug-likeness (QED) is 0.569. The van der Waals surface area contributed by atoms with Crippen LogP contribution in [0.4, 0.5) is 0 Å². The van der Waals surface area contributed by atoms with Crippen molar-refractivity contribution in [2.24, 2.45) is 34.2 Å². The maximum Gasteiger partial charge on any atom is 0.186 e. The smallest absolute Gasteiger partial charge is 0.186 e. The molecule has 0 amide bonds. The number of aliphatic imine (C=N–C) groups is 1. The lowest BCUT2D eigenvalue weighted by atomic mass is 9.66. The van der Waals surface area contributed by atoms with Crippen molar-refractivity contribution in [1.82, 2.24) is 0 Å². The van der Waals surface area contributed by atoms with Gasteiger partial charge in [0.2, 0.25) is 0 Å². The Labute approximate surface area is 131 Å². The van der Waals surface area contributed by atoms with E-state index in [4.69, 9.17) is 11.5 Å². The fourth-order valence-corrected chi connectivity index (χ4v) is 4.88. The van der Waals surface area contributed by atoms with Crippen LogP contribution in [0.2, 0.25) is 0 Å². The van der Waals surface area contributed by atoms with Crippen LogP contribution >= 0.6 is 0 Å². The van der Waals surface area contributed by atoms with Crippen molar-refractivity contribution in [1.29, 1.82) is 0 Å². The standard InChI is InChI=1S/C18H35N3/c1-2-9-16(21-18(19)20)17(14-10-5-3-6-11-14)15-12-7-4-8-13-15/h14-17H,2-13H2,1H3,(H4,19,20,21). The second kappa shape index (κ2) is 8.65. The predicted octanol–water partition coefficient (Wildman–Crippen LogP) is 4.21. The minimum absolute atomic E-state index is 0.296. The number of nitrogens with zero attached hydrogens (tertiary/aromatic N) is 1. The molecule has 0 aromatic heterocycles. The van der Waals surface area contributed by atoms with Crippen LogP contribution in [0.1, 0.15) is 84.0 Å². The monoisotopic (exact) mass is 293 g/mol. The maximum atomic E-state index is 5.75. The molecule has 2 aliphatic carbocycles. The van der Waals surface area contributed by atoms with Gasteiger partial charge < -0.3 is 11.5 Å². The highest BCUT2D eigenvalue weighted by Gasteiger charge is 2.36. The van der Waals surface area contributed by atoms with Crippen LogP contribution in [0.5, 0.6) is 0 Å². The van der Waals surface area contributed by atoms with Crippen LogP contribution in [0, 0.1) is 17.8 Å². The summed E-state index contributed by atoms with van der Waals surface area (Å²) in [7, 11) is 0. The first-order valence-electron chi connectivity index (χ1n) is 9.31. The van der Waals surface area contributed by atoms with Crippen LogP contribution in [0.25, 0.3) is 0 Å². The Morgan fingerprint density at radius 2 is 1.38 bits per heavy atom. The van der Waals surface area contributed by atoms with Crippen LogP contribution in [-0.2, 0) is 0 Å². The van der Waals surface area contributed by atoms with E-state index in [0.717, 1.165) is 24.2 Å². The fourth-order valence-electron chi connectivity index (χ4n) is 4.88. The Bertz CT molecular complexity index is 292. The average molecular weight is 293 g/mol. The maximum absolute atomic E-state index is 5.75. The summed E-state index contributed by atoms with van der Waals surface area (Å²) in [6.45, 7) is 2.26. The van der Waals surface area contributed by atoms with E-state index in [0.29, 0.717) is 12.0 Å². The van der Waals surface area contributed by atoms with Crippen LogP contribution in [-0.4, -0.2) is 12.0 Å². The largest absolute Gasteiger partial charge is 0.370 e.